The number of phosphoric ester groups is 1. The van der Waals surface area contributed by atoms with E-state index in [1.165, 1.54) is 6.07 Å². The van der Waals surface area contributed by atoms with Gasteiger partial charge < -0.3 is 14.4 Å². The Morgan fingerprint density at radius 2 is 2.29 bits per heavy atom. The lowest BCUT2D eigenvalue weighted by Gasteiger charge is -2.27. The molecule has 1 saturated heterocycles. The van der Waals surface area contributed by atoms with Gasteiger partial charge in [0.15, 0.2) is 11.0 Å². The molecule has 31 heavy (non-hydrogen) atoms. The Labute approximate surface area is 179 Å². The molecule has 164 valence electrons. The fourth-order valence-electron chi connectivity index (χ4n) is 3.15. The van der Waals surface area contributed by atoms with Gasteiger partial charge in [-0.2, -0.15) is 0 Å². The van der Waals surface area contributed by atoms with Crippen LogP contribution in [0.4, 0.5) is 8.78 Å². The van der Waals surface area contributed by atoms with E-state index in [-0.39, 0.29) is 22.7 Å². The van der Waals surface area contributed by atoms with E-state index in [4.69, 9.17) is 36.9 Å². The average Bonchev–Trinajstić information content (AvgIpc) is 3.02. The highest BCUT2D eigenvalue weighted by atomic mass is 32.1. The van der Waals surface area contributed by atoms with E-state index >= 15 is 4.39 Å². The molecule has 0 radical (unpaired) electrons. The van der Waals surface area contributed by atoms with E-state index < -0.39 is 50.4 Å². The van der Waals surface area contributed by atoms with Crippen LogP contribution >= 0.6 is 20.0 Å². The lowest BCUT2D eigenvalue weighted by atomic mass is 10.2. The summed E-state index contributed by atoms with van der Waals surface area (Å²) in [6.45, 7) is -1.18. The molecular weight excluding hydrogens is 457 g/mol. The van der Waals surface area contributed by atoms with Crippen LogP contribution in [0.5, 0.6) is 5.75 Å². The molecule has 13 heteroatoms. The Balaban J connectivity index is 1.49. The first-order valence-corrected chi connectivity index (χ1v) is 10.7. The Morgan fingerprint density at radius 1 is 1.52 bits per heavy atom. The van der Waals surface area contributed by atoms with Crippen molar-refractivity contribution in [2.24, 2.45) is 0 Å². The number of nitrogens with zero attached hydrogens (tertiary/aromatic N) is 1. The minimum absolute atomic E-state index is 0.0792. The number of ether oxygens (including phenoxy) is 1. The minimum Gasteiger partial charge on any atom is -0.404 e. The van der Waals surface area contributed by atoms with Crippen LogP contribution in [0.25, 0.3) is 0 Å². The third kappa shape index (κ3) is 4.34. The van der Waals surface area contributed by atoms with Gasteiger partial charge >= 0.3 is 7.82 Å². The smallest absolute Gasteiger partial charge is 0.404 e. The van der Waals surface area contributed by atoms with Gasteiger partial charge in [-0.1, -0.05) is 5.92 Å². The number of alkyl halides is 1. The van der Waals surface area contributed by atoms with Crippen LogP contribution in [-0.4, -0.2) is 33.2 Å². The SMILES string of the molecule is C#Cc1cn([C@@H]2O[C@](F)(COP3(=O)OCc4cc(F)ccc4O3)C[C@H]2O)c(=S)[nH]c1=O. The van der Waals surface area contributed by atoms with Crippen molar-refractivity contribution < 1.29 is 36.8 Å². The number of aromatic amines is 1. The lowest BCUT2D eigenvalue weighted by molar-refractivity contribution is -0.178. The number of terminal acetylenes is 1. The van der Waals surface area contributed by atoms with Crippen LogP contribution in [0.3, 0.4) is 0 Å². The van der Waals surface area contributed by atoms with E-state index in [2.05, 4.69) is 10.9 Å². The molecule has 1 aromatic carbocycles. The van der Waals surface area contributed by atoms with Gasteiger partial charge in [-0.15, -0.1) is 6.42 Å². The highest BCUT2D eigenvalue weighted by molar-refractivity contribution is 7.71. The van der Waals surface area contributed by atoms with Gasteiger partial charge in [0.05, 0.1) is 6.61 Å². The molecule has 0 spiro atoms. The summed E-state index contributed by atoms with van der Waals surface area (Å²) in [5, 5.41) is 10.3. The number of hydrogen-bond donors (Lipinski definition) is 2. The summed E-state index contributed by atoms with van der Waals surface area (Å²) < 4.78 is 62.6. The van der Waals surface area contributed by atoms with E-state index in [0.717, 1.165) is 22.9 Å². The zero-order valence-electron chi connectivity index (χ0n) is 15.6. The quantitative estimate of drug-likeness (QED) is 0.397. The number of phosphoric acid groups is 1. The molecule has 2 aromatic rings. The van der Waals surface area contributed by atoms with Crippen LogP contribution < -0.4 is 10.1 Å². The van der Waals surface area contributed by atoms with E-state index in [1.54, 1.807) is 0 Å². The van der Waals surface area contributed by atoms with Crippen LogP contribution in [0, 0.1) is 22.9 Å². The second kappa shape index (κ2) is 7.94. The van der Waals surface area contributed by atoms with Crippen LogP contribution in [0.15, 0.2) is 29.2 Å². The molecule has 2 aliphatic rings. The normalized spacial score (nSPS) is 29.7. The van der Waals surface area contributed by atoms with Crippen molar-refractivity contribution in [2.75, 3.05) is 6.61 Å². The number of halogens is 2. The molecule has 0 saturated carbocycles. The van der Waals surface area contributed by atoms with E-state index in [9.17, 15) is 18.9 Å². The number of aliphatic hydroxyl groups is 1. The van der Waals surface area contributed by atoms with Crippen molar-refractivity contribution in [2.45, 2.75) is 31.2 Å². The van der Waals surface area contributed by atoms with Crippen molar-refractivity contribution in [3.63, 3.8) is 0 Å². The highest BCUT2D eigenvalue weighted by Crippen LogP contribution is 2.55. The van der Waals surface area contributed by atoms with Gasteiger partial charge in [0.25, 0.3) is 5.56 Å². The molecular formula is C18H15F2N2O7PS. The predicted molar refractivity (Wildman–Crippen MR) is 104 cm³/mol. The Morgan fingerprint density at radius 3 is 3.03 bits per heavy atom. The molecule has 4 atom stereocenters. The molecule has 9 nitrogen and oxygen atoms in total. The van der Waals surface area contributed by atoms with Crippen molar-refractivity contribution >= 4 is 20.0 Å². The van der Waals surface area contributed by atoms with Crippen molar-refractivity contribution in [3.05, 3.63) is 56.5 Å². The number of benzene rings is 1. The summed E-state index contributed by atoms with van der Waals surface area (Å²) in [5.74, 6) is -0.887. The van der Waals surface area contributed by atoms with E-state index in [0.29, 0.717) is 5.56 Å². The first-order valence-electron chi connectivity index (χ1n) is 8.85. The number of H-pyrrole nitrogens is 1. The summed E-state index contributed by atoms with van der Waals surface area (Å²) in [6, 6.07) is 3.50. The van der Waals surface area contributed by atoms with Crippen LogP contribution in [0.2, 0.25) is 0 Å². The fraction of sp³-hybridized carbons (Fsp3) is 0.333. The van der Waals surface area contributed by atoms with Crippen LogP contribution in [0.1, 0.15) is 23.8 Å². The highest BCUT2D eigenvalue weighted by Gasteiger charge is 2.50. The molecule has 1 aromatic heterocycles. The molecule has 1 unspecified atom stereocenters. The summed E-state index contributed by atoms with van der Waals surface area (Å²) in [4.78, 5) is 14.0. The molecule has 2 aliphatic heterocycles. The van der Waals surface area contributed by atoms with Gasteiger partial charge in [-0.25, -0.2) is 13.3 Å². The largest absolute Gasteiger partial charge is 0.530 e. The Hall–Kier alpha value is -2.39. The van der Waals surface area contributed by atoms with Gasteiger partial charge in [0.2, 0.25) is 5.85 Å². The molecule has 0 bridgehead atoms. The lowest BCUT2D eigenvalue weighted by Crippen LogP contribution is -2.30. The third-order valence-electron chi connectivity index (χ3n) is 4.62. The molecule has 4 rings (SSSR count). The maximum absolute atomic E-state index is 15.2. The summed E-state index contributed by atoms with van der Waals surface area (Å²) >= 11 is 5.03. The number of aliphatic hydroxyl groups excluding tert-OH is 1. The van der Waals surface area contributed by atoms with Crippen LogP contribution in [-0.2, 0) is 25.0 Å². The molecule has 3 heterocycles. The Bertz CT molecular complexity index is 1240. The molecule has 2 N–H and O–H groups in total. The average molecular weight is 472 g/mol. The van der Waals surface area contributed by atoms with Crippen molar-refractivity contribution in [1.29, 1.82) is 0 Å². The van der Waals surface area contributed by atoms with E-state index in [1.807, 2.05) is 0 Å². The maximum atomic E-state index is 15.2. The zero-order chi connectivity index (χ0) is 22.4. The number of nitrogens with one attached hydrogen (secondary N) is 1. The number of aromatic nitrogens is 2. The van der Waals surface area contributed by atoms with Gasteiger partial charge in [0, 0.05) is 18.2 Å². The second-order valence-electron chi connectivity index (χ2n) is 6.85. The molecule has 0 amide bonds. The van der Waals surface area contributed by atoms with Gasteiger partial charge in [0.1, 0.15) is 29.8 Å². The predicted octanol–water partition coefficient (Wildman–Crippen LogP) is 2.71. The number of rotatable bonds is 4. The summed E-state index contributed by atoms with van der Waals surface area (Å²) in [5.41, 5.74) is -0.397. The van der Waals surface area contributed by atoms with Crippen molar-refractivity contribution in [3.8, 4) is 18.1 Å². The summed E-state index contributed by atoms with van der Waals surface area (Å²) in [7, 11) is -4.22. The molecule has 0 aliphatic carbocycles. The number of hydrogen-bond acceptors (Lipinski definition) is 8. The summed E-state index contributed by atoms with van der Waals surface area (Å²) in [6.07, 6.45) is 3.12. The first-order chi connectivity index (χ1) is 14.6. The van der Waals surface area contributed by atoms with Gasteiger partial charge in [-0.05, 0) is 30.4 Å². The maximum Gasteiger partial charge on any atom is 0.530 e. The van der Waals surface area contributed by atoms with Crippen molar-refractivity contribution in [1.82, 2.24) is 9.55 Å². The monoisotopic (exact) mass is 472 g/mol. The second-order valence-corrected chi connectivity index (χ2v) is 8.83. The fourth-order valence-corrected chi connectivity index (χ4v) is 4.65. The molecule has 1 fully saturated rings. The third-order valence-corrected chi connectivity index (χ3v) is 6.25. The standard InChI is InChI=1S/C18H15F2N2O7PS/c1-2-10-7-22(17(31)21-15(10)24)16-13(23)6-18(20,28-16)9-27-30(25)26-8-11-5-12(19)3-4-14(11)29-30/h1,3-5,7,13,16,23H,6,8-9H2,(H,21,24,31)/t13-,16-,18+,30?/m1/s1. The minimum atomic E-state index is -4.22. The number of fused-ring (bicyclic) bond motifs is 1. The topological polar surface area (TPSA) is 112 Å². The van der Waals surface area contributed by atoms with Gasteiger partial charge in [-0.3, -0.25) is 23.4 Å². The zero-order valence-corrected chi connectivity index (χ0v) is 17.3. The Kier molecular flexibility index (Phi) is 5.59. The first kappa shape index (κ1) is 21.8.